The van der Waals surface area contributed by atoms with Gasteiger partial charge in [-0.15, -0.1) is 0 Å². The molecule has 1 aromatic rings. The third-order valence-corrected chi connectivity index (χ3v) is 1.93. The Balaban J connectivity index is 2.98. The van der Waals surface area contributed by atoms with Crippen molar-refractivity contribution in [3.05, 3.63) is 22.7 Å². The van der Waals surface area contributed by atoms with Crippen molar-refractivity contribution in [3.8, 4) is 0 Å². The zero-order valence-corrected chi connectivity index (χ0v) is 8.24. The van der Waals surface area contributed by atoms with E-state index in [9.17, 15) is 4.79 Å². The predicted octanol–water partition coefficient (Wildman–Crippen LogP) is 1.00. The highest BCUT2D eigenvalue weighted by Crippen LogP contribution is 2.09. The van der Waals surface area contributed by atoms with Crippen LogP contribution in [0.25, 0.3) is 0 Å². The zero-order chi connectivity index (χ0) is 9.84. The topological polar surface area (TPSA) is 49.0 Å². The molecule has 0 amide bonds. The number of nitrogens with one attached hydrogen (secondary N) is 1. The summed E-state index contributed by atoms with van der Waals surface area (Å²) in [6.45, 7) is 7.10. The van der Waals surface area contributed by atoms with E-state index in [1.54, 1.807) is 0 Å². The summed E-state index contributed by atoms with van der Waals surface area (Å²) in [6, 6.07) is 2.19. The van der Waals surface area contributed by atoms with Gasteiger partial charge in [0, 0.05) is 18.8 Å². The standard InChI is InChI=1S/C9H15N3O/c1-4-12(7(2)3)8-5-6-10-9(13)11-8/h5-7H,4H2,1-3H3,(H,10,11,13). The Morgan fingerprint density at radius 3 is 2.77 bits per heavy atom. The van der Waals surface area contributed by atoms with Crippen molar-refractivity contribution in [1.82, 2.24) is 9.97 Å². The molecule has 1 N–H and O–H groups in total. The lowest BCUT2D eigenvalue weighted by Crippen LogP contribution is -2.32. The fourth-order valence-electron chi connectivity index (χ4n) is 1.34. The van der Waals surface area contributed by atoms with Crippen molar-refractivity contribution in [2.24, 2.45) is 0 Å². The molecule has 0 fully saturated rings. The van der Waals surface area contributed by atoms with Crippen LogP contribution in [0.15, 0.2) is 17.1 Å². The summed E-state index contributed by atoms with van der Waals surface area (Å²) in [5.74, 6) is 0.831. The molecule has 0 atom stereocenters. The van der Waals surface area contributed by atoms with Crippen LogP contribution in [-0.4, -0.2) is 22.6 Å². The van der Waals surface area contributed by atoms with E-state index in [0.29, 0.717) is 6.04 Å². The van der Waals surface area contributed by atoms with E-state index in [1.807, 2.05) is 6.07 Å². The molecule has 4 heteroatoms. The summed E-state index contributed by atoms with van der Waals surface area (Å²) in [6.07, 6.45) is 1.53. The maximum absolute atomic E-state index is 10.9. The molecule has 4 nitrogen and oxygen atoms in total. The van der Waals surface area contributed by atoms with E-state index in [2.05, 4.69) is 35.6 Å². The van der Waals surface area contributed by atoms with Crippen LogP contribution in [0.4, 0.5) is 5.82 Å². The molecule has 13 heavy (non-hydrogen) atoms. The number of anilines is 1. The van der Waals surface area contributed by atoms with Crippen molar-refractivity contribution in [2.75, 3.05) is 11.4 Å². The van der Waals surface area contributed by atoms with E-state index in [4.69, 9.17) is 0 Å². The zero-order valence-electron chi connectivity index (χ0n) is 8.24. The van der Waals surface area contributed by atoms with Gasteiger partial charge in [-0.2, -0.15) is 0 Å². The maximum atomic E-state index is 10.9. The normalized spacial score (nSPS) is 10.5. The summed E-state index contributed by atoms with van der Waals surface area (Å²) in [5.41, 5.74) is -0.295. The molecule has 0 radical (unpaired) electrons. The van der Waals surface area contributed by atoms with Crippen LogP contribution in [0.1, 0.15) is 20.8 Å². The van der Waals surface area contributed by atoms with Gasteiger partial charge >= 0.3 is 5.69 Å². The van der Waals surface area contributed by atoms with Gasteiger partial charge in [0.05, 0.1) is 0 Å². The Morgan fingerprint density at radius 2 is 2.31 bits per heavy atom. The first-order valence-electron chi connectivity index (χ1n) is 4.47. The summed E-state index contributed by atoms with van der Waals surface area (Å²) in [4.78, 5) is 19.3. The van der Waals surface area contributed by atoms with Crippen molar-refractivity contribution < 1.29 is 0 Å². The van der Waals surface area contributed by atoms with Gasteiger partial charge < -0.3 is 4.90 Å². The summed E-state index contributed by atoms with van der Waals surface area (Å²) >= 11 is 0. The lowest BCUT2D eigenvalue weighted by Gasteiger charge is -2.26. The molecule has 0 aromatic carbocycles. The van der Waals surface area contributed by atoms with Crippen LogP contribution in [0.2, 0.25) is 0 Å². The lowest BCUT2D eigenvalue weighted by molar-refractivity contribution is 0.690. The highest BCUT2D eigenvalue weighted by Gasteiger charge is 2.07. The Bertz CT molecular complexity index is 319. The van der Waals surface area contributed by atoms with Crippen LogP contribution < -0.4 is 10.6 Å². The number of aromatic amines is 1. The van der Waals surface area contributed by atoms with Crippen LogP contribution in [0.5, 0.6) is 0 Å². The smallest absolute Gasteiger partial charge is 0.346 e. The SMILES string of the molecule is CCN(c1ccnc(=O)[nH]1)C(C)C. The molecule has 1 heterocycles. The molecule has 0 unspecified atom stereocenters. The van der Waals surface area contributed by atoms with E-state index < -0.39 is 0 Å². The van der Waals surface area contributed by atoms with Crippen LogP contribution >= 0.6 is 0 Å². The molecule has 72 valence electrons. The number of hydrogen-bond acceptors (Lipinski definition) is 3. The van der Waals surface area contributed by atoms with E-state index in [1.165, 1.54) is 6.20 Å². The van der Waals surface area contributed by atoms with Crippen molar-refractivity contribution in [1.29, 1.82) is 0 Å². The van der Waals surface area contributed by atoms with Crippen molar-refractivity contribution in [2.45, 2.75) is 26.8 Å². The fourth-order valence-corrected chi connectivity index (χ4v) is 1.34. The van der Waals surface area contributed by atoms with Crippen molar-refractivity contribution in [3.63, 3.8) is 0 Å². The van der Waals surface area contributed by atoms with Gasteiger partial charge in [-0.25, -0.2) is 9.78 Å². The van der Waals surface area contributed by atoms with Gasteiger partial charge in [0.1, 0.15) is 5.82 Å². The highest BCUT2D eigenvalue weighted by molar-refractivity contribution is 5.37. The average molecular weight is 181 g/mol. The van der Waals surface area contributed by atoms with Gasteiger partial charge in [0.25, 0.3) is 0 Å². The molecule has 0 aliphatic heterocycles. The number of nitrogens with zero attached hydrogens (tertiary/aromatic N) is 2. The van der Waals surface area contributed by atoms with Gasteiger partial charge in [-0.3, -0.25) is 4.98 Å². The summed E-state index contributed by atoms with van der Waals surface area (Å²) in [5, 5.41) is 0. The maximum Gasteiger partial charge on any atom is 0.346 e. The van der Waals surface area contributed by atoms with Crippen LogP contribution in [0, 0.1) is 0 Å². The quantitative estimate of drug-likeness (QED) is 0.757. The second-order valence-electron chi connectivity index (χ2n) is 3.14. The minimum atomic E-state index is -0.295. The molecule has 1 rings (SSSR count). The Hall–Kier alpha value is -1.32. The van der Waals surface area contributed by atoms with E-state index in [0.717, 1.165) is 12.4 Å². The third kappa shape index (κ3) is 2.31. The van der Waals surface area contributed by atoms with E-state index >= 15 is 0 Å². The molecule has 0 saturated carbocycles. The fraction of sp³-hybridized carbons (Fsp3) is 0.556. The molecule has 1 aromatic heterocycles. The molecule has 0 spiro atoms. The van der Waals surface area contributed by atoms with Gasteiger partial charge in [-0.1, -0.05) is 0 Å². The van der Waals surface area contributed by atoms with Crippen LogP contribution in [-0.2, 0) is 0 Å². The van der Waals surface area contributed by atoms with Gasteiger partial charge in [0.2, 0.25) is 0 Å². The van der Waals surface area contributed by atoms with Gasteiger partial charge in [-0.05, 0) is 26.8 Å². The number of aromatic nitrogens is 2. The van der Waals surface area contributed by atoms with Gasteiger partial charge in [0.15, 0.2) is 0 Å². The average Bonchev–Trinajstić information content (AvgIpc) is 2.04. The minimum absolute atomic E-state index is 0.295. The molecular weight excluding hydrogens is 166 g/mol. The highest BCUT2D eigenvalue weighted by atomic mass is 16.1. The first-order valence-corrected chi connectivity index (χ1v) is 4.47. The minimum Gasteiger partial charge on any atom is -0.356 e. The molecule has 0 aliphatic rings. The predicted molar refractivity (Wildman–Crippen MR) is 53.0 cm³/mol. The summed E-state index contributed by atoms with van der Waals surface area (Å²) < 4.78 is 0. The largest absolute Gasteiger partial charge is 0.356 e. The molecular formula is C9H15N3O. The third-order valence-electron chi connectivity index (χ3n) is 1.93. The first-order chi connectivity index (χ1) is 6.15. The number of rotatable bonds is 3. The Morgan fingerprint density at radius 1 is 1.62 bits per heavy atom. The van der Waals surface area contributed by atoms with E-state index in [-0.39, 0.29) is 5.69 Å². The molecule has 0 bridgehead atoms. The van der Waals surface area contributed by atoms with Crippen molar-refractivity contribution >= 4 is 5.82 Å². The number of H-pyrrole nitrogens is 1. The second kappa shape index (κ2) is 4.07. The Labute approximate surface area is 77.6 Å². The lowest BCUT2D eigenvalue weighted by atomic mass is 10.3. The molecule has 0 aliphatic carbocycles. The summed E-state index contributed by atoms with van der Waals surface area (Å²) in [7, 11) is 0. The first kappa shape index (κ1) is 9.77. The molecule has 0 saturated heterocycles. The number of hydrogen-bond donors (Lipinski definition) is 1. The van der Waals surface area contributed by atoms with Crippen LogP contribution in [0.3, 0.4) is 0 Å². The Kier molecular flexibility index (Phi) is 3.06. The monoisotopic (exact) mass is 181 g/mol. The second-order valence-corrected chi connectivity index (χ2v) is 3.14.